The highest BCUT2D eigenvalue weighted by molar-refractivity contribution is 9.10. The number of benzene rings is 2. The van der Waals surface area contributed by atoms with E-state index in [1.54, 1.807) is 6.07 Å². The number of aromatic nitrogens is 2. The van der Waals surface area contributed by atoms with Crippen molar-refractivity contribution in [3.8, 4) is 0 Å². The molecular formula is C18H15BrN4O. The molecule has 5 nitrogen and oxygen atoms in total. The molecule has 3 aromatic rings. The fourth-order valence-electron chi connectivity index (χ4n) is 2.12. The molecule has 0 atom stereocenters. The standard InChI is InChI=1S/C18H15BrN4O/c1-12-11-16(17(24)21-14-5-3-2-4-6-14)23-18(20-12)22-15-9-7-13(19)8-10-15/h2-11H,1H3,(H,21,24)(H,20,22,23). The molecule has 120 valence electrons. The number of hydrogen-bond acceptors (Lipinski definition) is 4. The van der Waals surface area contributed by atoms with E-state index in [2.05, 4.69) is 36.5 Å². The van der Waals surface area contributed by atoms with Crippen LogP contribution < -0.4 is 10.6 Å². The number of para-hydroxylation sites is 1. The molecule has 0 aliphatic carbocycles. The first kappa shape index (κ1) is 16.1. The molecule has 2 aromatic carbocycles. The van der Waals surface area contributed by atoms with Gasteiger partial charge in [0, 0.05) is 21.5 Å². The van der Waals surface area contributed by atoms with Gasteiger partial charge in [-0.3, -0.25) is 4.79 Å². The number of nitrogens with zero attached hydrogens (tertiary/aromatic N) is 2. The number of aryl methyl sites for hydroxylation is 1. The van der Waals surface area contributed by atoms with Crippen LogP contribution >= 0.6 is 15.9 Å². The molecule has 2 N–H and O–H groups in total. The van der Waals surface area contributed by atoms with E-state index < -0.39 is 0 Å². The molecule has 0 radical (unpaired) electrons. The summed E-state index contributed by atoms with van der Waals surface area (Å²) in [6, 6.07) is 18.6. The van der Waals surface area contributed by atoms with Gasteiger partial charge < -0.3 is 10.6 Å². The van der Waals surface area contributed by atoms with E-state index in [1.165, 1.54) is 0 Å². The second-order valence-corrected chi connectivity index (χ2v) is 6.09. The third-order valence-electron chi connectivity index (χ3n) is 3.22. The molecule has 0 aliphatic heterocycles. The van der Waals surface area contributed by atoms with Crippen molar-refractivity contribution in [2.75, 3.05) is 10.6 Å². The lowest BCUT2D eigenvalue weighted by Crippen LogP contribution is -2.15. The van der Waals surface area contributed by atoms with Crippen LogP contribution in [0.4, 0.5) is 17.3 Å². The van der Waals surface area contributed by atoms with E-state index in [4.69, 9.17) is 0 Å². The Hall–Kier alpha value is -2.73. The zero-order chi connectivity index (χ0) is 16.9. The summed E-state index contributed by atoms with van der Waals surface area (Å²) >= 11 is 3.39. The van der Waals surface area contributed by atoms with Gasteiger partial charge in [0.15, 0.2) is 0 Å². The average Bonchev–Trinajstić information content (AvgIpc) is 2.57. The molecule has 1 aromatic heterocycles. The maximum absolute atomic E-state index is 12.4. The largest absolute Gasteiger partial charge is 0.324 e. The van der Waals surface area contributed by atoms with Crippen molar-refractivity contribution in [2.45, 2.75) is 6.92 Å². The summed E-state index contributed by atoms with van der Waals surface area (Å²) in [5.74, 6) is 0.112. The van der Waals surface area contributed by atoms with Crippen molar-refractivity contribution in [1.29, 1.82) is 0 Å². The Balaban J connectivity index is 1.80. The topological polar surface area (TPSA) is 66.9 Å². The minimum atomic E-state index is -0.273. The van der Waals surface area contributed by atoms with Crippen molar-refractivity contribution in [1.82, 2.24) is 9.97 Å². The minimum absolute atomic E-state index is 0.273. The lowest BCUT2D eigenvalue weighted by molar-refractivity contribution is 0.102. The molecule has 0 saturated carbocycles. The molecule has 24 heavy (non-hydrogen) atoms. The summed E-state index contributed by atoms with van der Waals surface area (Å²) < 4.78 is 0.987. The maximum Gasteiger partial charge on any atom is 0.274 e. The fourth-order valence-corrected chi connectivity index (χ4v) is 2.38. The zero-order valence-corrected chi connectivity index (χ0v) is 14.5. The van der Waals surface area contributed by atoms with Gasteiger partial charge in [0.2, 0.25) is 5.95 Å². The molecule has 0 fully saturated rings. The number of hydrogen-bond donors (Lipinski definition) is 2. The Morgan fingerprint density at radius 3 is 2.38 bits per heavy atom. The Morgan fingerprint density at radius 2 is 1.67 bits per heavy atom. The van der Waals surface area contributed by atoms with Gasteiger partial charge in [0.05, 0.1) is 0 Å². The number of carbonyl (C=O) groups is 1. The van der Waals surface area contributed by atoms with E-state index in [-0.39, 0.29) is 5.91 Å². The van der Waals surface area contributed by atoms with Crippen LogP contribution in [0.15, 0.2) is 65.1 Å². The highest BCUT2D eigenvalue weighted by Crippen LogP contribution is 2.18. The van der Waals surface area contributed by atoms with Crippen molar-refractivity contribution >= 4 is 39.2 Å². The van der Waals surface area contributed by atoms with Crippen LogP contribution in [0.2, 0.25) is 0 Å². The van der Waals surface area contributed by atoms with Crippen molar-refractivity contribution in [2.24, 2.45) is 0 Å². The number of anilines is 3. The molecule has 3 rings (SSSR count). The van der Waals surface area contributed by atoms with Gasteiger partial charge in [-0.15, -0.1) is 0 Å². The lowest BCUT2D eigenvalue weighted by Gasteiger charge is -2.09. The van der Waals surface area contributed by atoms with Gasteiger partial charge in [-0.05, 0) is 49.4 Å². The maximum atomic E-state index is 12.4. The number of halogens is 1. The third-order valence-corrected chi connectivity index (χ3v) is 3.75. The van der Waals surface area contributed by atoms with Gasteiger partial charge in [0.1, 0.15) is 5.69 Å². The summed E-state index contributed by atoms with van der Waals surface area (Å²) in [5, 5.41) is 5.93. The Bertz CT molecular complexity index is 851. The molecule has 0 aliphatic rings. The first-order valence-electron chi connectivity index (χ1n) is 7.35. The lowest BCUT2D eigenvalue weighted by atomic mass is 10.3. The SMILES string of the molecule is Cc1cc(C(=O)Nc2ccccc2)nc(Nc2ccc(Br)cc2)n1. The first-order valence-corrected chi connectivity index (χ1v) is 8.14. The van der Waals surface area contributed by atoms with E-state index in [1.807, 2.05) is 61.5 Å². The van der Waals surface area contributed by atoms with Crippen molar-refractivity contribution in [3.05, 3.63) is 76.5 Å². The van der Waals surface area contributed by atoms with Crippen LogP contribution in [-0.2, 0) is 0 Å². The van der Waals surface area contributed by atoms with Crippen LogP contribution in [0.5, 0.6) is 0 Å². The van der Waals surface area contributed by atoms with Crippen LogP contribution in [0.1, 0.15) is 16.2 Å². The monoisotopic (exact) mass is 382 g/mol. The highest BCUT2D eigenvalue weighted by atomic mass is 79.9. The molecule has 0 unspecified atom stereocenters. The van der Waals surface area contributed by atoms with E-state index in [0.29, 0.717) is 17.3 Å². The number of carbonyl (C=O) groups excluding carboxylic acids is 1. The Labute approximate surface area is 148 Å². The van der Waals surface area contributed by atoms with Crippen LogP contribution in [0.25, 0.3) is 0 Å². The van der Waals surface area contributed by atoms with Crippen LogP contribution in [0, 0.1) is 6.92 Å². The summed E-state index contributed by atoms with van der Waals surface area (Å²) in [7, 11) is 0. The number of rotatable bonds is 4. The number of amides is 1. The second-order valence-electron chi connectivity index (χ2n) is 5.17. The Morgan fingerprint density at radius 1 is 0.958 bits per heavy atom. The summed E-state index contributed by atoms with van der Waals surface area (Å²) in [5.41, 5.74) is 2.59. The molecule has 1 amide bonds. The van der Waals surface area contributed by atoms with Gasteiger partial charge in [-0.25, -0.2) is 9.97 Å². The first-order chi connectivity index (χ1) is 11.6. The molecule has 0 spiro atoms. The van der Waals surface area contributed by atoms with Gasteiger partial charge in [-0.2, -0.15) is 0 Å². The smallest absolute Gasteiger partial charge is 0.274 e. The van der Waals surface area contributed by atoms with Gasteiger partial charge in [-0.1, -0.05) is 34.1 Å². The predicted octanol–water partition coefficient (Wildman–Crippen LogP) is 4.54. The molecular weight excluding hydrogens is 368 g/mol. The van der Waals surface area contributed by atoms with E-state index in [0.717, 1.165) is 15.8 Å². The average molecular weight is 383 g/mol. The van der Waals surface area contributed by atoms with E-state index >= 15 is 0 Å². The van der Waals surface area contributed by atoms with Crippen molar-refractivity contribution in [3.63, 3.8) is 0 Å². The predicted molar refractivity (Wildman–Crippen MR) is 98.6 cm³/mol. The van der Waals surface area contributed by atoms with Crippen LogP contribution in [0.3, 0.4) is 0 Å². The Kier molecular flexibility index (Phi) is 4.86. The second kappa shape index (κ2) is 7.23. The molecule has 0 saturated heterocycles. The summed E-state index contributed by atoms with van der Waals surface area (Å²) in [6.45, 7) is 1.83. The summed E-state index contributed by atoms with van der Waals surface area (Å²) in [6.07, 6.45) is 0. The molecule has 0 bridgehead atoms. The third kappa shape index (κ3) is 4.17. The quantitative estimate of drug-likeness (QED) is 0.694. The molecule has 1 heterocycles. The van der Waals surface area contributed by atoms with Gasteiger partial charge >= 0.3 is 0 Å². The van der Waals surface area contributed by atoms with Crippen molar-refractivity contribution < 1.29 is 4.79 Å². The normalized spacial score (nSPS) is 10.2. The minimum Gasteiger partial charge on any atom is -0.324 e. The van der Waals surface area contributed by atoms with Crippen LogP contribution in [-0.4, -0.2) is 15.9 Å². The van der Waals surface area contributed by atoms with Gasteiger partial charge in [0.25, 0.3) is 5.91 Å². The number of nitrogens with one attached hydrogen (secondary N) is 2. The summed E-state index contributed by atoms with van der Waals surface area (Å²) in [4.78, 5) is 21.0. The van der Waals surface area contributed by atoms with E-state index in [9.17, 15) is 4.79 Å². The molecule has 6 heteroatoms. The highest BCUT2D eigenvalue weighted by Gasteiger charge is 2.11. The zero-order valence-electron chi connectivity index (χ0n) is 13.0. The fraction of sp³-hybridized carbons (Fsp3) is 0.0556.